The number of hydrogen-bond acceptors (Lipinski definition) is 3. The molecule has 3 nitrogen and oxygen atoms in total. The van der Waals surface area contributed by atoms with Crippen molar-refractivity contribution < 1.29 is 14.0 Å². The maximum Gasteiger partial charge on any atom is 0.338 e. The molecule has 0 heterocycles. The molecule has 1 aromatic carbocycles. The number of esters is 1. The minimum atomic E-state index is -1.74. The molecular formula is C37H56O3Si. The van der Waals surface area contributed by atoms with E-state index in [1.165, 1.54) is 31.3 Å². The van der Waals surface area contributed by atoms with Crippen LogP contribution in [0, 0.1) is 39.9 Å². The van der Waals surface area contributed by atoms with E-state index in [9.17, 15) is 4.79 Å². The first-order valence-corrected chi connectivity index (χ1v) is 19.3. The highest BCUT2D eigenvalue weighted by Gasteiger charge is 2.60. The van der Waals surface area contributed by atoms with Gasteiger partial charge in [0.2, 0.25) is 0 Å². The van der Waals surface area contributed by atoms with E-state index < -0.39 is 8.32 Å². The lowest BCUT2D eigenvalue weighted by Gasteiger charge is -2.58. The standard InChI is InChI=1S/C37H56O3Si/c1-25(24-39-41(9,10)34(2,3)4)28-17-18-29-27-16-19-31-35(5,6)32(40-33(38)26-14-12-11-13-15-26)21-23-37(31,8)30(27)20-22-36(28,29)7/h11-16,19,25,28-30,32H,17-18,20-24H2,1-10H3/t25?,28-,29+,30+,32?,36-,37-/m1/s1. The fourth-order valence-electron chi connectivity index (χ4n) is 9.32. The van der Waals surface area contributed by atoms with Gasteiger partial charge in [-0.05, 0) is 103 Å². The van der Waals surface area contributed by atoms with Crippen molar-refractivity contribution in [1.82, 2.24) is 0 Å². The van der Waals surface area contributed by atoms with Crippen molar-refractivity contribution in [2.75, 3.05) is 6.61 Å². The van der Waals surface area contributed by atoms with Crippen LogP contribution in [0.1, 0.15) is 104 Å². The molecule has 0 spiro atoms. The Morgan fingerprint density at radius 3 is 2.29 bits per heavy atom. The van der Waals surface area contributed by atoms with Crippen LogP contribution in [-0.2, 0) is 9.16 Å². The van der Waals surface area contributed by atoms with Crippen LogP contribution in [0.4, 0.5) is 0 Å². The van der Waals surface area contributed by atoms with Crippen LogP contribution in [0.15, 0.2) is 53.6 Å². The summed E-state index contributed by atoms with van der Waals surface area (Å²) in [7, 11) is -1.74. The van der Waals surface area contributed by atoms with E-state index in [1.807, 2.05) is 30.3 Å². The summed E-state index contributed by atoms with van der Waals surface area (Å²) in [6.07, 6.45) is 12.1. The molecule has 3 fully saturated rings. The summed E-state index contributed by atoms with van der Waals surface area (Å²) in [5.74, 6) is 2.39. The summed E-state index contributed by atoms with van der Waals surface area (Å²) in [4.78, 5) is 13.0. The second-order valence-corrected chi connectivity index (χ2v) is 21.4. The van der Waals surface area contributed by atoms with E-state index in [0.717, 1.165) is 25.4 Å². The van der Waals surface area contributed by atoms with Crippen molar-refractivity contribution in [3.8, 4) is 0 Å². The lowest BCUT2D eigenvalue weighted by molar-refractivity contribution is -0.0397. The van der Waals surface area contributed by atoms with E-state index in [2.05, 4.69) is 80.6 Å². The zero-order valence-corrected chi connectivity index (χ0v) is 28.6. The molecule has 0 aromatic heterocycles. The highest BCUT2D eigenvalue weighted by Crippen LogP contribution is 2.67. The van der Waals surface area contributed by atoms with Crippen molar-refractivity contribution >= 4 is 14.3 Å². The van der Waals surface area contributed by atoms with Gasteiger partial charge >= 0.3 is 5.97 Å². The van der Waals surface area contributed by atoms with Crippen LogP contribution in [0.25, 0.3) is 0 Å². The van der Waals surface area contributed by atoms with Gasteiger partial charge in [-0.15, -0.1) is 0 Å². The summed E-state index contributed by atoms with van der Waals surface area (Å²) >= 11 is 0. The van der Waals surface area contributed by atoms with Crippen molar-refractivity contribution in [2.45, 2.75) is 118 Å². The highest BCUT2D eigenvalue weighted by molar-refractivity contribution is 6.74. The van der Waals surface area contributed by atoms with Gasteiger partial charge in [-0.2, -0.15) is 0 Å². The zero-order valence-electron chi connectivity index (χ0n) is 27.6. The molecular weight excluding hydrogens is 520 g/mol. The van der Waals surface area contributed by atoms with Crippen LogP contribution in [0.2, 0.25) is 18.1 Å². The minimum absolute atomic E-state index is 0.101. The highest BCUT2D eigenvalue weighted by atomic mass is 28.4. The van der Waals surface area contributed by atoms with Crippen molar-refractivity contribution in [1.29, 1.82) is 0 Å². The third-order valence-electron chi connectivity index (χ3n) is 12.9. The molecule has 7 atom stereocenters. The average Bonchev–Trinajstić information content (AvgIpc) is 3.26. The van der Waals surface area contributed by atoms with Crippen molar-refractivity contribution in [3.63, 3.8) is 0 Å². The molecule has 0 aliphatic heterocycles. The Balaban J connectivity index is 1.35. The van der Waals surface area contributed by atoms with Gasteiger partial charge in [0.15, 0.2) is 8.32 Å². The maximum absolute atomic E-state index is 13.0. The second kappa shape index (κ2) is 10.5. The van der Waals surface area contributed by atoms with Crippen LogP contribution in [-0.4, -0.2) is 27.0 Å². The molecule has 226 valence electrons. The molecule has 4 aliphatic rings. The van der Waals surface area contributed by atoms with E-state index in [1.54, 1.807) is 5.57 Å². The van der Waals surface area contributed by atoms with Gasteiger partial charge in [0.05, 0.1) is 5.56 Å². The monoisotopic (exact) mass is 576 g/mol. The average molecular weight is 577 g/mol. The Morgan fingerprint density at radius 2 is 1.63 bits per heavy atom. The number of fused-ring (bicyclic) bond motifs is 5. The number of carbonyl (C=O) groups excluding carboxylic acids is 1. The third-order valence-corrected chi connectivity index (χ3v) is 17.4. The first-order valence-electron chi connectivity index (χ1n) is 16.3. The van der Waals surface area contributed by atoms with Crippen LogP contribution in [0.5, 0.6) is 0 Å². The molecule has 2 unspecified atom stereocenters. The Morgan fingerprint density at radius 1 is 0.951 bits per heavy atom. The number of carbonyl (C=O) groups is 1. The number of ether oxygens (including phenoxy) is 1. The topological polar surface area (TPSA) is 35.5 Å². The van der Waals surface area contributed by atoms with Gasteiger partial charge in [-0.25, -0.2) is 4.79 Å². The van der Waals surface area contributed by atoms with Gasteiger partial charge < -0.3 is 9.16 Å². The molecule has 4 heteroatoms. The quantitative estimate of drug-likeness (QED) is 0.250. The van der Waals surface area contributed by atoms with Gasteiger partial charge in [-0.1, -0.05) is 96.9 Å². The predicted molar refractivity (Wildman–Crippen MR) is 172 cm³/mol. The third kappa shape index (κ3) is 5.13. The summed E-state index contributed by atoms with van der Waals surface area (Å²) in [6.45, 7) is 24.9. The van der Waals surface area contributed by atoms with E-state index >= 15 is 0 Å². The molecule has 0 radical (unpaired) electrons. The van der Waals surface area contributed by atoms with Crippen LogP contribution >= 0.6 is 0 Å². The smallest absolute Gasteiger partial charge is 0.338 e. The Kier molecular flexibility index (Phi) is 7.89. The Hall–Kier alpha value is -1.65. The predicted octanol–water partition coefficient (Wildman–Crippen LogP) is 10.0. The number of rotatable bonds is 6. The Labute approximate surface area is 251 Å². The Bertz CT molecular complexity index is 1200. The molecule has 3 saturated carbocycles. The zero-order chi connectivity index (χ0) is 30.0. The molecule has 0 N–H and O–H groups in total. The summed E-state index contributed by atoms with van der Waals surface area (Å²) in [5.41, 5.74) is 4.17. The summed E-state index contributed by atoms with van der Waals surface area (Å²) in [6, 6.07) is 9.45. The lowest BCUT2D eigenvalue weighted by Crippen LogP contribution is -2.52. The molecule has 0 saturated heterocycles. The lowest BCUT2D eigenvalue weighted by atomic mass is 9.47. The van der Waals surface area contributed by atoms with Gasteiger partial charge in [0.25, 0.3) is 0 Å². The van der Waals surface area contributed by atoms with E-state index in [4.69, 9.17) is 9.16 Å². The normalized spacial score (nSPS) is 35.4. The van der Waals surface area contributed by atoms with Gasteiger partial charge in [0.1, 0.15) is 6.10 Å². The maximum atomic E-state index is 13.0. The first kappa shape index (κ1) is 30.8. The SMILES string of the molecule is CC(CO[Si](C)(C)C(C)(C)C)[C@H]1CC[C@H]2C3=CC=C4C(C)(C)C(OC(=O)c5ccccc5)CC[C@]4(C)[C@H]3CC[C@]12C. The number of allylic oxidation sites excluding steroid dienone is 3. The molecule has 4 aliphatic carbocycles. The molecule has 1 aromatic rings. The van der Waals surface area contributed by atoms with Crippen LogP contribution < -0.4 is 0 Å². The molecule has 41 heavy (non-hydrogen) atoms. The van der Waals surface area contributed by atoms with E-state index in [0.29, 0.717) is 28.7 Å². The fraction of sp³-hybridized carbons (Fsp3) is 0.703. The number of benzene rings is 1. The molecule has 0 amide bonds. The minimum Gasteiger partial charge on any atom is -0.458 e. The first-order chi connectivity index (χ1) is 19.0. The molecule has 0 bridgehead atoms. The van der Waals surface area contributed by atoms with Crippen LogP contribution in [0.3, 0.4) is 0 Å². The summed E-state index contributed by atoms with van der Waals surface area (Å²) < 4.78 is 13.0. The van der Waals surface area contributed by atoms with Crippen molar-refractivity contribution in [3.05, 3.63) is 59.2 Å². The largest absolute Gasteiger partial charge is 0.458 e. The fourth-order valence-corrected chi connectivity index (χ4v) is 10.4. The number of hydrogen-bond donors (Lipinski definition) is 0. The molecule has 5 rings (SSSR count). The van der Waals surface area contributed by atoms with Gasteiger partial charge in [0, 0.05) is 12.0 Å². The summed E-state index contributed by atoms with van der Waals surface area (Å²) in [5, 5.41) is 0.256. The van der Waals surface area contributed by atoms with E-state index in [-0.39, 0.29) is 27.9 Å². The van der Waals surface area contributed by atoms with Gasteiger partial charge in [-0.3, -0.25) is 0 Å². The second-order valence-electron chi connectivity index (χ2n) is 16.6. The van der Waals surface area contributed by atoms with Crippen molar-refractivity contribution in [2.24, 2.45) is 39.9 Å².